The molecule has 0 aliphatic heterocycles. The Kier molecular flexibility index (Phi) is 6.79. The summed E-state index contributed by atoms with van der Waals surface area (Å²) in [5.41, 5.74) is 0. The SMILES string of the molecule is CCC(NS(=O)(=O)c1ccc(F)cc1)C(=O)Nc1nnc(CC(C)C)s1. The highest BCUT2D eigenvalue weighted by atomic mass is 32.2. The van der Waals surface area contributed by atoms with Crippen molar-refractivity contribution in [3.05, 3.63) is 35.1 Å². The van der Waals surface area contributed by atoms with E-state index in [0.717, 1.165) is 35.7 Å². The lowest BCUT2D eigenvalue weighted by atomic mass is 10.1. The maximum Gasteiger partial charge on any atom is 0.244 e. The van der Waals surface area contributed by atoms with E-state index in [9.17, 15) is 17.6 Å². The zero-order chi connectivity index (χ0) is 19.3. The Labute approximate surface area is 156 Å². The van der Waals surface area contributed by atoms with Crippen LogP contribution in [0.2, 0.25) is 0 Å². The number of amides is 1. The second-order valence-corrected chi connectivity index (χ2v) is 8.90. The molecule has 0 bridgehead atoms. The number of anilines is 1. The van der Waals surface area contributed by atoms with Crippen molar-refractivity contribution in [2.75, 3.05) is 5.32 Å². The molecule has 1 amide bonds. The van der Waals surface area contributed by atoms with Gasteiger partial charge in [0.15, 0.2) is 0 Å². The molecular weight excluding hydrogens is 379 g/mol. The van der Waals surface area contributed by atoms with Gasteiger partial charge in [-0.25, -0.2) is 12.8 Å². The largest absolute Gasteiger partial charge is 0.299 e. The molecule has 1 aromatic heterocycles. The third kappa shape index (κ3) is 5.55. The quantitative estimate of drug-likeness (QED) is 0.709. The van der Waals surface area contributed by atoms with Crippen LogP contribution in [0.5, 0.6) is 0 Å². The lowest BCUT2D eigenvalue weighted by molar-refractivity contribution is -0.117. The number of benzene rings is 1. The summed E-state index contributed by atoms with van der Waals surface area (Å²) in [7, 11) is -3.95. The van der Waals surface area contributed by atoms with Crippen molar-refractivity contribution in [2.24, 2.45) is 5.92 Å². The molecule has 0 saturated heterocycles. The molecule has 0 radical (unpaired) electrons. The fraction of sp³-hybridized carbons (Fsp3) is 0.438. The molecule has 142 valence electrons. The molecule has 2 aromatic rings. The van der Waals surface area contributed by atoms with Crippen LogP contribution in [-0.4, -0.2) is 30.6 Å². The van der Waals surface area contributed by atoms with E-state index in [4.69, 9.17) is 0 Å². The van der Waals surface area contributed by atoms with Gasteiger partial charge < -0.3 is 0 Å². The molecule has 7 nitrogen and oxygen atoms in total. The first kappa shape index (κ1) is 20.4. The fourth-order valence-electron chi connectivity index (χ4n) is 2.12. The minimum Gasteiger partial charge on any atom is -0.299 e. The van der Waals surface area contributed by atoms with E-state index in [1.165, 1.54) is 11.3 Å². The van der Waals surface area contributed by atoms with Crippen molar-refractivity contribution < 1.29 is 17.6 Å². The van der Waals surface area contributed by atoms with E-state index in [-0.39, 0.29) is 11.3 Å². The average molecular weight is 401 g/mol. The highest BCUT2D eigenvalue weighted by molar-refractivity contribution is 7.89. The van der Waals surface area contributed by atoms with E-state index in [2.05, 4.69) is 34.1 Å². The second-order valence-electron chi connectivity index (χ2n) is 6.12. The van der Waals surface area contributed by atoms with Gasteiger partial charge in [0.25, 0.3) is 0 Å². The summed E-state index contributed by atoms with van der Waals surface area (Å²) in [6.45, 7) is 5.79. The molecule has 10 heteroatoms. The number of carbonyl (C=O) groups excluding carboxylic acids is 1. The number of hydrogen-bond donors (Lipinski definition) is 2. The Morgan fingerprint density at radius 1 is 1.23 bits per heavy atom. The van der Waals surface area contributed by atoms with Gasteiger partial charge in [-0.1, -0.05) is 32.1 Å². The average Bonchev–Trinajstić information content (AvgIpc) is 2.99. The summed E-state index contributed by atoms with van der Waals surface area (Å²) in [6.07, 6.45) is 0.992. The first-order valence-electron chi connectivity index (χ1n) is 8.12. The number of hydrogen-bond acceptors (Lipinski definition) is 6. The Morgan fingerprint density at radius 2 is 1.88 bits per heavy atom. The van der Waals surface area contributed by atoms with Crippen LogP contribution in [0.1, 0.15) is 32.2 Å². The third-order valence-electron chi connectivity index (χ3n) is 3.43. The molecule has 1 unspecified atom stereocenters. The summed E-state index contributed by atoms with van der Waals surface area (Å²) in [5.74, 6) is -0.648. The topological polar surface area (TPSA) is 101 Å². The van der Waals surface area contributed by atoms with E-state index < -0.39 is 27.8 Å². The number of rotatable bonds is 8. The van der Waals surface area contributed by atoms with Gasteiger partial charge in [-0.3, -0.25) is 10.1 Å². The zero-order valence-corrected chi connectivity index (χ0v) is 16.3. The summed E-state index contributed by atoms with van der Waals surface area (Å²) in [5, 5.41) is 11.6. The highest BCUT2D eigenvalue weighted by Crippen LogP contribution is 2.19. The van der Waals surface area contributed by atoms with Crippen molar-refractivity contribution in [3.63, 3.8) is 0 Å². The van der Waals surface area contributed by atoms with E-state index in [1.54, 1.807) is 6.92 Å². The number of sulfonamides is 1. The van der Waals surface area contributed by atoms with Crippen molar-refractivity contribution in [3.8, 4) is 0 Å². The fourth-order valence-corrected chi connectivity index (χ4v) is 4.35. The van der Waals surface area contributed by atoms with Gasteiger partial charge in [-0.2, -0.15) is 4.72 Å². The summed E-state index contributed by atoms with van der Waals surface area (Å²) in [6, 6.07) is 3.40. The van der Waals surface area contributed by atoms with Crippen molar-refractivity contribution in [1.82, 2.24) is 14.9 Å². The molecular formula is C16H21FN4O3S2. The Hall–Kier alpha value is -1.91. The molecule has 2 rings (SSSR count). The van der Waals surface area contributed by atoms with Gasteiger partial charge >= 0.3 is 0 Å². The van der Waals surface area contributed by atoms with Crippen LogP contribution in [0, 0.1) is 11.7 Å². The van der Waals surface area contributed by atoms with Crippen LogP contribution >= 0.6 is 11.3 Å². The Balaban J connectivity index is 2.06. The maximum absolute atomic E-state index is 13.0. The van der Waals surface area contributed by atoms with Crippen LogP contribution in [0.4, 0.5) is 9.52 Å². The van der Waals surface area contributed by atoms with Gasteiger partial charge in [-0.05, 0) is 36.6 Å². The van der Waals surface area contributed by atoms with Gasteiger partial charge in [0, 0.05) is 6.42 Å². The Morgan fingerprint density at radius 3 is 2.46 bits per heavy atom. The molecule has 0 fully saturated rings. The standard InChI is InChI=1S/C16H21FN4O3S2/c1-4-13(21-26(23,24)12-7-5-11(17)6-8-12)15(22)18-16-20-19-14(25-16)9-10(2)3/h5-8,10,13,21H,4,9H2,1-3H3,(H,18,20,22). The molecule has 0 aliphatic carbocycles. The predicted molar refractivity (Wildman–Crippen MR) is 97.9 cm³/mol. The monoisotopic (exact) mass is 400 g/mol. The molecule has 1 atom stereocenters. The molecule has 2 N–H and O–H groups in total. The number of aromatic nitrogens is 2. The molecule has 0 saturated carbocycles. The summed E-state index contributed by atoms with van der Waals surface area (Å²) in [4.78, 5) is 12.3. The summed E-state index contributed by atoms with van der Waals surface area (Å²) < 4.78 is 40.0. The number of nitrogens with zero attached hydrogens (tertiary/aromatic N) is 2. The van der Waals surface area contributed by atoms with Gasteiger partial charge in [0.2, 0.25) is 21.1 Å². The third-order valence-corrected chi connectivity index (χ3v) is 5.77. The van der Waals surface area contributed by atoms with E-state index in [0.29, 0.717) is 11.0 Å². The maximum atomic E-state index is 13.0. The number of carbonyl (C=O) groups is 1. The second kappa shape index (κ2) is 8.65. The molecule has 0 spiro atoms. The molecule has 26 heavy (non-hydrogen) atoms. The van der Waals surface area contributed by atoms with Crippen LogP contribution in [0.25, 0.3) is 0 Å². The molecule has 1 heterocycles. The minimum absolute atomic E-state index is 0.111. The lowest BCUT2D eigenvalue weighted by Gasteiger charge is -2.16. The van der Waals surface area contributed by atoms with Crippen LogP contribution in [-0.2, 0) is 21.2 Å². The smallest absolute Gasteiger partial charge is 0.244 e. The first-order valence-corrected chi connectivity index (χ1v) is 10.4. The predicted octanol–water partition coefficient (Wildman–Crippen LogP) is 2.57. The van der Waals surface area contributed by atoms with E-state index in [1.807, 2.05) is 0 Å². The van der Waals surface area contributed by atoms with Gasteiger partial charge in [-0.15, -0.1) is 10.2 Å². The van der Waals surface area contributed by atoms with Crippen LogP contribution in [0.3, 0.4) is 0 Å². The number of halogens is 1. The minimum atomic E-state index is -3.95. The lowest BCUT2D eigenvalue weighted by Crippen LogP contribution is -2.43. The van der Waals surface area contributed by atoms with Crippen LogP contribution in [0.15, 0.2) is 29.2 Å². The summed E-state index contributed by atoms with van der Waals surface area (Å²) >= 11 is 1.26. The van der Waals surface area contributed by atoms with Crippen molar-refractivity contribution >= 4 is 32.4 Å². The zero-order valence-electron chi connectivity index (χ0n) is 14.7. The van der Waals surface area contributed by atoms with Crippen LogP contribution < -0.4 is 10.0 Å². The van der Waals surface area contributed by atoms with Crippen molar-refractivity contribution in [1.29, 1.82) is 0 Å². The normalized spacial score (nSPS) is 13.0. The Bertz CT molecular complexity index is 851. The first-order chi connectivity index (χ1) is 12.2. The van der Waals surface area contributed by atoms with Gasteiger partial charge in [0.1, 0.15) is 16.9 Å². The molecule has 0 aliphatic rings. The number of nitrogens with one attached hydrogen (secondary N) is 2. The highest BCUT2D eigenvalue weighted by Gasteiger charge is 2.25. The van der Waals surface area contributed by atoms with E-state index >= 15 is 0 Å². The van der Waals surface area contributed by atoms with Crippen molar-refractivity contribution in [2.45, 2.75) is 44.6 Å². The van der Waals surface area contributed by atoms with Gasteiger partial charge in [0.05, 0.1) is 4.90 Å². The molecule has 1 aromatic carbocycles.